The molecule has 24 heavy (non-hydrogen) atoms. The van der Waals surface area contributed by atoms with Gasteiger partial charge in [0.15, 0.2) is 5.11 Å². The highest BCUT2D eigenvalue weighted by Crippen LogP contribution is 2.31. The highest BCUT2D eigenvalue weighted by molar-refractivity contribution is 7.80. The van der Waals surface area contributed by atoms with Crippen molar-refractivity contribution < 1.29 is 13.9 Å². The number of allylic oxidation sites excluding steroid dienone is 1. The summed E-state index contributed by atoms with van der Waals surface area (Å²) in [6, 6.07) is 5.80. The van der Waals surface area contributed by atoms with Crippen LogP contribution in [0.3, 0.4) is 0 Å². The van der Waals surface area contributed by atoms with Gasteiger partial charge in [0.25, 0.3) is 5.91 Å². The number of amides is 1. The van der Waals surface area contributed by atoms with Gasteiger partial charge in [-0.15, -0.1) is 0 Å². The number of nitrogens with one attached hydrogen (secondary N) is 1. The lowest BCUT2D eigenvalue weighted by Gasteiger charge is -2.38. The second kappa shape index (κ2) is 6.86. The van der Waals surface area contributed by atoms with E-state index in [-0.39, 0.29) is 11.7 Å². The number of ether oxygens (including phenoxy) is 1. The van der Waals surface area contributed by atoms with Crippen molar-refractivity contribution in [1.82, 2.24) is 15.1 Å². The zero-order valence-electron chi connectivity index (χ0n) is 13.7. The molecule has 128 valence electrons. The van der Waals surface area contributed by atoms with E-state index in [4.69, 9.17) is 17.0 Å². The number of carbonyl (C=O) groups excluding carboxylic acids is 1. The number of hydrogen-bond acceptors (Lipinski definition) is 3. The van der Waals surface area contributed by atoms with Gasteiger partial charge in [-0.1, -0.05) is 12.1 Å². The van der Waals surface area contributed by atoms with Crippen molar-refractivity contribution in [2.24, 2.45) is 0 Å². The lowest BCUT2D eigenvalue weighted by Crippen LogP contribution is -2.50. The van der Waals surface area contributed by atoms with Gasteiger partial charge in [-0.25, -0.2) is 4.39 Å². The molecule has 2 aliphatic heterocycles. The Morgan fingerprint density at radius 3 is 2.75 bits per heavy atom. The standard InChI is InChI=1S/C17H20FN3O2S/c1-11-14(16(22)21-6-8-23-9-7-21)15(19-17(24)20(11)2)12-4-3-5-13(18)10-12/h3-5,10,15H,6-9H2,1-2H3,(H,19,24). The summed E-state index contributed by atoms with van der Waals surface area (Å²) in [5.74, 6) is -0.401. The van der Waals surface area contributed by atoms with Crippen LogP contribution in [0.2, 0.25) is 0 Å². The first-order chi connectivity index (χ1) is 11.5. The number of nitrogens with zero attached hydrogens (tertiary/aromatic N) is 2. The molecule has 0 aromatic heterocycles. The van der Waals surface area contributed by atoms with Gasteiger partial charge in [0, 0.05) is 25.8 Å². The first kappa shape index (κ1) is 16.9. The fourth-order valence-electron chi connectivity index (χ4n) is 2.99. The van der Waals surface area contributed by atoms with Crippen LogP contribution in [0.25, 0.3) is 0 Å². The summed E-state index contributed by atoms with van der Waals surface area (Å²) in [5, 5.41) is 3.68. The van der Waals surface area contributed by atoms with E-state index in [9.17, 15) is 9.18 Å². The average Bonchev–Trinajstić information content (AvgIpc) is 2.59. The Morgan fingerprint density at radius 2 is 2.08 bits per heavy atom. The first-order valence-electron chi connectivity index (χ1n) is 7.86. The number of halogens is 1. The summed E-state index contributed by atoms with van der Waals surface area (Å²) in [6.07, 6.45) is 0. The number of rotatable bonds is 2. The summed E-state index contributed by atoms with van der Waals surface area (Å²) in [7, 11) is 1.82. The smallest absolute Gasteiger partial charge is 0.254 e. The Morgan fingerprint density at radius 1 is 1.38 bits per heavy atom. The Kier molecular flexibility index (Phi) is 4.82. The molecule has 3 rings (SSSR count). The minimum atomic E-state index is -0.459. The normalized spacial score (nSPS) is 21.8. The van der Waals surface area contributed by atoms with E-state index < -0.39 is 6.04 Å². The van der Waals surface area contributed by atoms with Crippen LogP contribution in [0.5, 0.6) is 0 Å². The molecule has 0 bridgehead atoms. The quantitative estimate of drug-likeness (QED) is 0.825. The van der Waals surface area contributed by atoms with E-state index in [0.717, 1.165) is 5.70 Å². The van der Waals surface area contributed by atoms with E-state index >= 15 is 0 Å². The van der Waals surface area contributed by atoms with Crippen molar-refractivity contribution in [3.63, 3.8) is 0 Å². The van der Waals surface area contributed by atoms with Gasteiger partial charge < -0.3 is 19.9 Å². The maximum atomic E-state index is 13.7. The first-order valence-corrected chi connectivity index (χ1v) is 8.27. The predicted molar refractivity (Wildman–Crippen MR) is 92.7 cm³/mol. The van der Waals surface area contributed by atoms with Gasteiger partial charge in [-0.05, 0) is 36.8 Å². The topological polar surface area (TPSA) is 44.8 Å². The summed E-state index contributed by atoms with van der Waals surface area (Å²) in [4.78, 5) is 16.6. The molecule has 0 aliphatic carbocycles. The molecule has 5 nitrogen and oxygen atoms in total. The van der Waals surface area contributed by atoms with E-state index in [1.165, 1.54) is 12.1 Å². The minimum Gasteiger partial charge on any atom is -0.378 e. The molecule has 1 saturated heterocycles. The van der Waals surface area contributed by atoms with Crippen molar-refractivity contribution in [2.45, 2.75) is 13.0 Å². The van der Waals surface area contributed by atoms with Gasteiger partial charge >= 0.3 is 0 Å². The van der Waals surface area contributed by atoms with Crippen molar-refractivity contribution in [1.29, 1.82) is 0 Å². The lowest BCUT2D eigenvalue weighted by atomic mass is 9.94. The molecule has 1 atom stereocenters. The van der Waals surface area contributed by atoms with E-state index in [1.807, 2.05) is 14.0 Å². The molecule has 2 aliphatic rings. The monoisotopic (exact) mass is 349 g/mol. The van der Waals surface area contributed by atoms with Crippen LogP contribution in [-0.4, -0.2) is 54.2 Å². The van der Waals surface area contributed by atoms with Gasteiger partial charge in [-0.3, -0.25) is 4.79 Å². The fraction of sp³-hybridized carbons (Fsp3) is 0.412. The van der Waals surface area contributed by atoms with E-state index in [0.29, 0.717) is 42.6 Å². The van der Waals surface area contributed by atoms with Crippen LogP contribution in [0.1, 0.15) is 18.5 Å². The second-order valence-corrected chi connectivity index (χ2v) is 6.29. The third-order valence-corrected chi connectivity index (χ3v) is 4.86. The van der Waals surface area contributed by atoms with Crippen LogP contribution >= 0.6 is 12.2 Å². The highest BCUT2D eigenvalue weighted by atomic mass is 32.1. The number of thiocarbonyl (C=S) groups is 1. The van der Waals surface area contributed by atoms with Gasteiger partial charge in [0.1, 0.15) is 5.82 Å². The number of morpholine rings is 1. The minimum absolute atomic E-state index is 0.0630. The van der Waals surface area contributed by atoms with Crippen LogP contribution in [-0.2, 0) is 9.53 Å². The number of hydrogen-bond donors (Lipinski definition) is 1. The molecule has 0 spiro atoms. The lowest BCUT2D eigenvalue weighted by molar-refractivity contribution is -0.131. The van der Waals surface area contributed by atoms with Crippen LogP contribution in [0.15, 0.2) is 35.5 Å². The molecule has 2 heterocycles. The molecule has 1 unspecified atom stereocenters. The zero-order chi connectivity index (χ0) is 17.3. The maximum Gasteiger partial charge on any atom is 0.254 e. The number of benzene rings is 1. The van der Waals surface area contributed by atoms with Crippen molar-refractivity contribution in [3.8, 4) is 0 Å². The van der Waals surface area contributed by atoms with E-state index in [1.54, 1.807) is 21.9 Å². The fourth-order valence-corrected chi connectivity index (χ4v) is 3.24. The third-order valence-electron chi connectivity index (χ3n) is 4.46. The number of carbonyl (C=O) groups is 1. The SMILES string of the molecule is CC1=C(C(=O)N2CCOCC2)C(c2cccc(F)c2)NC(=S)N1C. The molecule has 1 amide bonds. The summed E-state index contributed by atoms with van der Waals surface area (Å²) >= 11 is 5.35. The molecule has 1 aromatic rings. The highest BCUT2D eigenvalue weighted by Gasteiger charge is 2.35. The van der Waals surface area contributed by atoms with Gasteiger partial charge in [-0.2, -0.15) is 0 Å². The Bertz CT molecular complexity index is 701. The average molecular weight is 349 g/mol. The van der Waals surface area contributed by atoms with Crippen molar-refractivity contribution in [2.75, 3.05) is 33.4 Å². The summed E-state index contributed by atoms with van der Waals surface area (Å²) in [5.41, 5.74) is 2.06. The van der Waals surface area contributed by atoms with Crippen LogP contribution in [0, 0.1) is 5.82 Å². The van der Waals surface area contributed by atoms with Crippen molar-refractivity contribution in [3.05, 3.63) is 46.9 Å². The molecule has 0 saturated carbocycles. The van der Waals surface area contributed by atoms with Crippen LogP contribution < -0.4 is 5.32 Å². The Hall–Kier alpha value is -1.99. The van der Waals surface area contributed by atoms with Gasteiger partial charge in [0.05, 0.1) is 24.8 Å². The Labute approximate surface area is 146 Å². The Balaban J connectivity index is 2.02. The molecule has 1 aromatic carbocycles. The maximum absolute atomic E-state index is 13.7. The molecular weight excluding hydrogens is 329 g/mol. The summed E-state index contributed by atoms with van der Waals surface area (Å²) < 4.78 is 19.0. The molecule has 1 fully saturated rings. The second-order valence-electron chi connectivity index (χ2n) is 5.90. The third kappa shape index (κ3) is 3.14. The molecular formula is C17H20FN3O2S. The van der Waals surface area contributed by atoms with E-state index in [2.05, 4.69) is 5.32 Å². The van der Waals surface area contributed by atoms with Gasteiger partial charge in [0.2, 0.25) is 0 Å². The zero-order valence-corrected chi connectivity index (χ0v) is 14.5. The molecule has 0 radical (unpaired) electrons. The largest absolute Gasteiger partial charge is 0.378 e. The molecule has 7 heteroatoms. The predicted octanol–water partition coefficient (Wildman–Crippen LogP) is 1.82. The van der Waals surface area contributed by atoms with Crippen molar-refractivity contribution >= 4 is 23.2 Å². The van der Waals surface area contributed by atoms with Crippen LogP contribution in [0.4, 0.5) is 4.39 Å². The summed E-state index contributed by atoms with van der Waals surface area (Å²) in [6.45, 7) is 4.04. The molecule has 1 N–H and O–H groups in total.